The second-order valence-corrected chi connectivity index (χ2v) is 7.72. The Labute approximate surface area is 155 Å². The zero-order valence-corrected chi connectivity index (χ0v) is 16.0. The number of carbonyl (C=O) groups excluding carboxylic acids is 1. The molecule has 1 aromatic heterocycles. The minimum Gasteiger partial charge on any atom is -0.381 e. The van der Waals surface area contributed by atoms with Gasteiger partial charge in [0.2, 0.25) is 0 Å². The minimum absolute atomic E-state index is 0.0451. The van der Waals surface area contributed by atoms with Gasteiger partial charge < -0.3 is 20.3 Å². The number of nitrogens with one attached hydrogen (secondary N) is 2. The van der Waals surface area contributed by atoms with Gasteiger partial charge in [-0.1, -0.05) is 11.6 Å². The third kappa shape index (κ3) is 4.81. The van der Waals surface area contributed by atoms with Crippen molar-refractivity contribution in [1.29, 1.82) is 0 Å². The fraction of sp³-hybridized carbons (Fsp3) is 0.833. The van der Waals surface area contributed by atoms with Gasteiger partial charge in [-0.2, -0.15) is 0 Å². The summed E-state index contributed by atoms with van der Waals surface area (Å²) in [4.78, 5) is 14.7. The third-order valence-corrected chi connectivity index (χ3v) is 5.84. The number of rotatable bonds is 7. The van der Waals surface area contributed by atoms with Crippen LogP contribution in [0.25, 0.3) is 0 Å². The summed E-state index contributed by atoms with van der Waals surface area (Å²) in [7, 11) is 4.13. The van der Waals surface area contributed by atoms with E-state index in [0.29, 0.717) is 18.3 Å². The number of likely N-dealkylation sites (N-methyl/N-ethyl adjacent to an activating group) is 1. The summed E-state index contributed by atoms with van der Waals surface area (Å²) in [5.74, 6) is -0.153. The molecule has 2 saturated heterocycles. The van der Waals surface area contributed by atoms with Gasteiger partial charge in [-0.05, 0) is 52.7 Å². The number of nitrogens with zero attached hydrogens (tertiary/aromatic N) is 4. The molecule has 2 N–H and O–H groups in total. The Bertz CT molecular complexity index is 576. The van der Waals surface area contributed by atoms with Crippen molar-refractivity contribution in [2.45, 2.75) is 56.7 Å². The molecule has 0 radical (unpaired) electrons. The van der Waals surface area contributed by atoms with Crippen LogP contribution in [0.2, 0.25) is 0 Å². The Morgan fingerprint density at radius 3 is 2.92 bits per heavy atom. The third-order valence-electron chi connectivity index (χ3n) is 5.84. The molecule has 1 aromatic rings. The molecule has 1 amide bonds. The molecule has 26 heavy (non-hydrogen) atoms. The quantitative estimate of drug-likeness (QED) is 0.739. The van der Waals surface area contributed by atoms with Gasteiger partial charge in [0, 0.05) is 37.9 Å². The van der Waals surface area contributed by atoms with E-state index in [9.17, 15) is 4.79 Å². The predicted molar refractivity (Wildman–Crippen MR) is 99.1 cm³/mol. The number of hydrogen-bond acceptors (Lipinski definition) is 6. The first kappa shape index (κ1) is 19.3. The molecule has 8 heteroatoms. The maximum Gasteiger partial charge on any atom is 0.273 e. The zero-order valence-electron chi connectivity index (χ0n) is 16.0. The van der Waals surface area contributed by atoms with Gasteiger partial charge in [0.15, 0.2) is 5.69 Å². The van der Waals surface area contributed by atoms with Crippen molar-refractivity contribution in [3.05, 3.63) is 11.9 Å². The summed E-state index contributed by atoms with van der Waals surface area (Å²) in [5.41, 5.74) is 0.346. The predicted octanol–water partition coefficient (Wildman–Crippen LogP) is 0.651. The first-order valence-corrected chi connectivity index (χ1v) is 9.76. The summed E-state index contributed by atoms with van der Waals surface area (Å²) in [6.45, 7) is 3.96. The lowest BCUT2D eigenvalue weighted by molar-refractivity contribution is -0.00660. The van der Waals surface area contributed by atoms with Crippen molar-refractivity contribution in [2.75, 3.05) is 40.4 Å². The molecule has 0 saturated carbocycles. The van der Waals surface area contributed by atoms with Crippen LogP contribution in [-0.4, -0.2) is 77.8 Å². The van der Waals surface area contributed by atoms with Crippen molar-refractivity contribution in [3.63, 3.8) is 0 Å². The number of piperidine rings is 1. The van der Waals surface area contributed by atoms with Gasteiger partial charge in [-0.25, -0.2) is 0 Å². The van der Waals surface area contributed by atoms with E-state index < -0.39 is 0 Å². The number of hydrogen-bond donors (Lipinski definition) is 2. The van der Waals surface area contributed by atoms with E-state index in [1.54, 1.807) is 10.9 Å². The molecule has 2 fully saturated rings. The maximum absolute atomic E-state index is 12.5. The Kier molecular flexibility index (Phi) is 6.61. The Morgan fingerprint density at radius 2 is 2.23 bits per heavy atom. The summed E-state index contributed by atoms with van der Waals surface area (Å²) in [6.07, 6.45) is 8.39. The lowest BCUT2D eigenvalue weighted by Crippen LogP contribution is -2.55. The molecule has 2 aliphatic rings. The van der Waals surface area contributed by atoms with E-state index in [0.717, 1.165) is 45.6 Å². The van der Waals surface area contributed by atoms with E-state index in [1.807, 2.05) is 0 Å². The van der Waals surface area contributed by atoms with E-state index in [4.69, 9.17) is 4.74 Å². The van der Waals surface area contributed by atoms with E-state index in [-0.39, 0.29) is 11.4 Å². The van der Waals surface area contributed by atoms with E-state index in [2.05, 4.69) is 39.9 Å². The highest BCUT2D eigenvalue weighted by atomic mass is 16.5. The monoisotopic (exact) mass is 364 g/mol. The molecule has 1 unspecified atom stereocenters. The van der Waals surface area contributed by atoms with Crippen LogP contribution in [0, 0.1) is 0 Å². The van der Waals surface area contributed by atoms with Crippen LogP contribution in [0.15, 0.2) is 6.20 Å². The maximum atomic E-state index is 12.5. The molecular weight excluding hydrogens is 332 g/mol. The van der Waals surface area contributed by atoms with E-state index in [1.165, 1.54) is 19.3 Å². The fourth-order valence-electron chi connectivity index (χ4n) is 3.84. The Hall–Kier alpha value is -1.51. The highest BCUT2D eigenvalue weighted by molar-refractivity contribution is 5.91. The highest BCUT2D eigenvalue weighted by Crippen LogP contribution is 2.25. The van der Waals surface area contributed by atoms with Gasteiger partial charge in [-0.3, -0.25) is 9.48 Å². The lowest BCUT2D eigenvalue weighted by Gasteiger charge is -2.42. The van der Waals surface area contributed by atoms with Crippen molar-refractivity contribution in [2.24, 2.45) is 0 Å². The number of carbonyl (C=O) groups is 1. The lowest BCUT2D eigenvalue weighted by atomic mass is 9.88. The first-order chi connectivity index (χ1) is 12.6. The molecule has 2 aliphatic heterocycles. The summed E-state index contributed by atoms with van der Waals surface area (Å²) < 4.78 is 7.26. The van der Waals surface area contributed by atoms with Crippen LogP contribution in [0.5, 0.6) is 0 Å². The van der Waals surface area contributed by atoms with Crippen molar-refractivity contribution < 1.29 is 9.53 Å². The molecule has 0 aromatic carbocycles. The minimum atomic E-state index is -0.153. The van der Waals surface area contributed by atoms with Crippen LogP contribution < -0.4 is 10.6 Å². The van der Waals surface area contributed by atoms with Crippen molar-refractivity contribution in [3.8, 4) is 0 Å². The normalized spacial score (nSPS) is 23.1. The summed E-state index contributed by atoms with van der Waals surface area (Å²) in [6, 6.07) is 0.554. The Morgan fingerprint density at radius 1 is 1.42 bits per heavy atom. The second kappa shape index (κ2) is 8.92. The van der Waals surface area contributed by atoms with Gasteiger partial charge in [-0.15, -0.1) is 5.10 Å². The number of amides is 1. The van der Waals surface area contributed by atoms with Crippen LogP contribution in [0.3, 0.4) is 0 Å². The topological polar surface area (TPSA) is 84.3 Å². The average Bonchev–Trinajstić information content (AvgIpc) is 3.15. The van der Waals surface area contributed by atoms with Crippen molar-refractivity contribution in [1.82, 2.24) is 30.5 Å². The fourth-order valence-corrected chi connectivity index (χ4v) is 3.84. The molecule has 0 aliphatic carbocycles. The number of ether oxygens (including phenoxy) is 1. The second-order valence-electron chi connectivity index (χ2n) is 7.72. The van der Waals surface area contributed by atoms with Crippen LogP contribution in [-0.2, 0) is 11.3 Å². The van der Waals surface area contributed by atoms with Gasteiger partial charge >= 0.3 is 0 Å². The zero-order chi connectivity index (χ0) is 18.4. The molecule has 0 bridgehead atoms. The molecule has 3 rings (SSSR count). The van der Waals surface area contributed by atoms with Gasteiger partial charge in [0.1, 0.15) is 0 Å². The van der Waals surface area contributed by atoms with Gasteiger partial charge in [0.25, 0.3) is 5.91 Å². The van der Waals surface area contributed by atoms with E-state index >= 15 is 0 Å². The molecule has 8 nitrogen and oxygen atoms in total. The molecule has 146 valence electrons. The number of aryl methyl sites for hydroxylation is 1. The molecule has 3 heterocycles. The smallest absolute Gasteiger partial charge is 0.273 e. The van der Waals surface area contributed by atoms with Crippen LogP contribution in [0.1, 0.15) is 49.0 Å². The summed E-state index contributed by atoms with van der Waals surface area (Å²) in [5, 5.41) is 14.7. The average molecular weight is 364 g/mol. The Balaban J connectivity index is 1.49. The number of aromatic nitrogens is 3. The SMILES string of the molecule is CN(C)C1(CNC(=O)c2cn(CCC3CCCCN3)nn2)CCOCC1. The van der Waals surface area contributed by atoms with Crippen LogP contribution >= 0.6 is 0 Å². The highest BCUT2D eigenvalue weighted by Gasteiger charge is 2.35. The molecule has 1 atom stereocenters. The summed E-state index contributed by atoms with van der Waals surface area (Å²) >= 11 is 0. The first-order valence-electron chi connectivity index (χ1n) is 9.76. The van der Waals surface area contributed by atoms with Crippen molar-refractivity contribution >= 4 is 5.91 Å². The largest absolute Gasteiger partial charge is 0.381 e. The van der Waals surface area contributed by atoms with Gasteiger partial charge in [0.05, 0.1) is 6.20 Å². The van der Waals surface area contributed by atoms with Crippen LogP contribution in [0.4, 0.5) is 0 Å². The molecular formula is C18H32N6O2. The molecule has 0 spiro atoms. The standard InChI is InChI=1S/C18H32N6O2/c1-23(2)18(7-11-26-12-8-18)14-20-17(25)16-13-24(22-21-16)10-6-15-5-3-4-9-19-15/h13,15,19H,3-12,14H2,1-2H3,(H,20,25).